The minimum atomic E-state index is -3.92. The molecule has 138 valence electrons. The summed E-state index contributed by atoms with van der Waals surface area (Å²) in [4.78, 5) is 0.125. The molecule has 1 atom stereocenters. The SMILES string of the molecule is C=C/C=C(\C#N)C(c1ccccc1Cl)N(CC=C)S(=O)(=O)c1ccccc1. The topological polar surface area (TPSA) is 61.2 Å². The predicted octanol–water partition coefficient (Wildman–Crippen LogP) is 4.89. The molecule has 0 fully saturated rings. The molecule has 6 heteroatoms. The summed E-state index contributed by atoms with van der Waals surface area (Å²) in [5.41, 5.74) is 0.717. The van der Waals surface area contributed by atoms with Crippen LogP contribution in [-0.4, -0.2) is 19.3 Å². The minimum absolute atomic E-state index is 0.00325. The fraction of sp³-hybridized carbons (Fsp3) is 0.0952. The van der Waals surface area contributed by atoms with Gasteiger partial charge in [0, 0.05) is 11.6 Å². The molecule has 27 heavy (non-hydrogen) atoms. The van der Waals surface area contributed by atoms with Crippen molar-refractivity contribution < 1.29 is 8.42 Å². The Bertz CT molecular complexity index is 992. The number of nitriles is 1. The summed E-state index contributed by atoms with van der Waals surface area (Å²) in [5.74, 6) is 0. The van der Waals surface area contributed by atoms with Crippen molar-refractivity contribution in [2.45, 2.75) is 10.9 Å². The van der Waals surface area contributed by atoms with E-state index in [1.807, 2.05) is 0 Å². The molecule has 0 aliphatic rings. The number of hydrogen-bond acceptors (Lipinski definition) is 3. The van der Waals surface area contributed by atoms with E-state index < -0.39 is 16.1 Å². The van der Waals surface area contributed by atoms with Gasteiger partial charge in [-0.15, -0.1) is 6.58 Å². The van der Waals surface area contributed by atoms with E-state index in [9.17, 15) is 13.7 Å². The fourth-order valence-electron chi connectivity index (χ4n) is 2.69. The van der Waals surface area contributed by atoms with Gasteiger partial charge in [0.1, 0.15) is 0 Å². The number of nitrogens with zero attached hydrogens (tertiary/aromatic N) is 2. The Morgan fingerprint density at radius 3 is 2.33 bits per heavy atom. The van der Waals surface area contributed by atoms with E-state index in [1.54, 1.807) is 42.5 Å². The second kappa shape index (κ2) is 9.33. The zero-order valence-electron chi connectivity index (χ0n) is 14.6. The lowest BCUT2D eigenvalue weighted by Gasteiger charge is -2.30. The number of halogens is 1. The Hall–Kier alpha value is -2.65. The molecular weight excluding hydrogens is 380 g/mol. The van der Waals surface area contributed by atoms with E-state index in [0.29, 0.717) is 10.6 Å². The lowest BCUT2D eigenvalue weighted by molar-refractivity contribution is 0.390. The lowest BCUT2D eigenvalue weighted by Crippen LogP contribution is -2.36. The van der Waals surface area contributed by atoms with Gasteiger partial charge in [-0.3, -0.25) is 0 Å². The monoisotopic (exact) mass is 398 g/mol. The van der Waals surface area contributed by atoms with E-state index in [4.69, 9.17) is 11.6 Å². The highest BCUT2D eigenvalue weighted by atomic mass is 35.5. The van der Waals surface area contributed by atoms with Crippen LogP contribution in [0.3, 0.4) is 0 Å². The first-order valence-electron chi connectivity index (χ1n) is 8.12. The number of sulfonamides is 1. The molecule has 0 spiro atoms. The van der Waals surface area contributed by atoms with Crippen LogP contribution in [0.15, 0.2) is 96.5 Å². The van der Waals surface area contributed by atoms with E-state index in [1.165, 1.54) is 34.7 Å². The minimum Gasteiger partial charge on any atom is -0.207 e. The Balaban J connectivity index is 2.75. The van der Waals surface area contributed by atoms with E-state index in [0.717, 1.165) is 0 Å². The van der Waals surface area contributed by atoms with Gasteiger partial charge in [0.05, 0.1) is 22.6 Å². The van der Waals surface area contributed by atoms with Crippen molar-refractivity contribution in [1.29, 1.82) is 5.26 Å². The van der Waals surface area contributed by atoms with Crippen molar-refractivity contribution in [2.24, 2.45) is 0 Å². The molecule has 4 nitrogen and oxygen atoms in total. The first kappa shape index (κ1) is 20.7. The molecule has 2 rings (SSSR count). The van der Waals surface area contributed by atoms with Gasteiger partial charge in [0.2, 0.25) is 10.0 Å². The number of hydrogen-bond donors (Lipinski definition) is 0. The van der Waals surface area contributed by atoms with Crippen LogP contribution in [0.25, 0.3) is 0 Å². The van der Waals surface area contributed by atoms with Crippen LogP contribution in [0.5, 0.6) is 0 Å². The highest BCUT2D eigenvalue weighted by Crippen LogP contribution is 2.36. The van der Waals surface area contributed by atoms with E-state index in [2.05, 4.69) is 19.2 Å². The maximum absolute atomic E-state index is 13.3. The van der Waals surface area contributed by atoms with E-state index >= 15 is 0 Å². The average Bonchev–Trinajstić information content (AvgIpc) is 2.68. The number of benzene rings is 2. The Morgan fingerprint density at radius 2 is 1.78 bits per heavy atom. The number of rotatable bonds is 8. The molecule has 2 aromatic rings. The fourth-order valence-corrected chi connectivity index (χ4v) is 4.51. The van der Waals surface area contributed by atoms with Crippen molar-refractivity contribution in [3.8, 4) is 6.07 Å². The summed E-state index contributed by atoms with van der Waals surface area (Å²) in [6.07, 6.45) is 4.42. The number of allylic oxidation sites excluding steroid dienone is 2. The van der Waals surface area contributed by atoms with Gasteiger partial charge in [-0.1, -0.05) is 66.7 Å². The second-order valence-corrected chi connectivity index (χ2v) is 7.87. The second-order valence-electron chi connectivity index (χ2n) is 5.57. The van der Waals surface area contributed by atoms with Gasteiger partial charge in [-0.05, 0) is 29.8 Å². The quantitative estimate of drug-likeness (QED) is 0.361. The molecule has 0 heterocycles. The summed E-state index contributed by atoms with van der Waals surface area (Å²) in [5, 5.41) is 10.0. The summed E-state index contributed by atoms with van der Waals surface area (Å²) >= 11 is 6.35. The molecular formula is C21H19ClN2O2S. The summed E-state index contributed by atoms with van der Waals surface area (Å²) in [7, 11) is -3.92. The molecule has 0 aliphatic heterocycles. The van der Waals surface area contributed by atoms with Crippen LogP contribution < -0.4 is 0 Å². The molecule has 0 saturated carbocycles. The zero-order valence-corrected chi connectivity index (χ0v) is 16.2. The smallest absolute Gasteiger partial charge is 0.207 e. The average molecular weight is 399 g/mol. The van der Waals surface area contributed by atoms with Crippen molar-refractivity contribution in [2.75, 3.05) is 6.54 Å². The Kier molecular flexibility index (Phi) is 7.14. The third kappa shape index (κ3) is 4.55. The Morgan fingerprint density at radius 1 is 1.15 bits per heavy atom. The standard InChI is InChI=1S/C21H19ClN2O2S/c1-3-10-17(16-23)21(19-13-8-9-14-20(19)22)24(15-4-2)27(25,26)18-11-6-5-7-12-18/h3-14,21H,1-2,15H2/b17-10+. The maximum atomic E-state index is 13.3. The van der Waals surface area contributed by atoms with Crippen molar-refractivity contribution in [3.05, 3.63) is 102 Å². The van der Waals surface area contributed by atoms with Crippen LogP contribution in [0.4, 0.5) is 0 Å². The maximum Gasteiger partial charge on any atom is 0.244 e. The van der Waals surface area contributed by atoms with Crippen molar-refractivity contribution >= 4 is 21.6 Å². The molecule has 0 N–H and O–H groups in total. The van der Waals surface area contributed by atoms with Crippen LogP contribution in [0, 0.1) is 11.3 Å². The van der Waals surface area contributed by atoms with Crippen LogP contribution in [0.1, 0.15) is 11.6 Å². The van der Waals surface area contributed by atoms with Crippen molar-refractivity contribution in [1.82, 2.24) is 4.31 Å². The largest absolute Gasteiger partial charge is 0.244 e. The summed E-state index contributed by atoms with van der Waals surface area (Å²) in [6.45, 7) is 7.30. The van der Waals surface area contributed by atoms with Gasteiger partial charge in [-0.2, -0.15) is 9.57 Å². The molecule has 0 amide bonds. The zero-order chi connectivity index (χ0) is 19.9. The molecule has 0 bridgehead atoms. The van der Waals surface area contributed by atoms with E-state index in [-0.39, 0.29) is 17.0 Å². The molecule has 0 aliphatic carbocycles. The van der Waals surface area contributed by atoms with Crippen LogP contribution in [-0.2, 0) is 10.0 Å². The molecule has 1 unspecified atom stereocenters. The van der Waals surface area contributed by atoms with Gasteiger partial charge in [0.15, 0.2) is 0 Å². The molecule has 2 aromatic carbocycles. The van der Waals surface area contributed by atoms with Crippen LogP contribution in [0.2, 0.25) is 5.02 Å². The van der Waals surface area contributed by atoms with Gasteiger partial charge >= 0.3 is 0 Å². The predicted molar refractivity (Wildman–Crippen MR) is 109 cm³/mol. The normalized spacial score (nSPS) is 13.0. The third-order valence-electron chi connectivity index (χ3n) is 3.87. The first-order chi connectivity index (χ1) is 13.0. The summed E-state index contributed by atoms with van der Waals surface area (Å²) < 4.78 is 27.9. The Labute approximate surface area is 165 Å². The van der Waals surface area contributed by atoms with Gasteiger partial charge in [-0.25, -0.2) is 8.42 Å². The lowest BCUT2D eigenvalue weighted by atomic mass is 9.99. The molecule has 0 aromatic heterocycles. The highest BCUT2D eigenvalue weighted by molar-refractivity contribution is 7.89. The molecule has 0 radical (unpaired) electrons. The summed E-state index contributed by atoms with van der Waals surface area (Å²) in [6, 6.07) is 16.1. The first-order valence-corrected chi connectivity index (χ1v) is 9.94. The third-order valence-corrected chi connectivity index (χ3v) is 6.06. The van der Waals surface area contributed by atoms with Gasteiger partial charge < -0.3 is 0 Å². The van der Waals surface area contributed by atoms with Crippen LogP contribution >= 0.6 is 11.6 Å². The highest BCUT2D eigenvalue weighted by Gasteiger charge is 2.35. The van der Waals surface area contributed by atoms with Crippen molar-refractivity contribution in [3.63, 3.8) is 0 Å². The van der Waals surface area contributed by atoms with Gasteiger partial charge in [0.25, 0.3) is 0 Å². The molecule has 0 saturated heterocycles.